The molecule has 0 fully saturated rings. The molecule has 0 aromatic carbocycles. The average Bonchev–Trinajstić information content (AvgIpc) is 3.01. The Labute approximate surface area is 131 Å². The molecule has 0 unspecified atom stereocenters. The highest BCUT2D eigenvalue weighted by molar-refractivity contribution is 7.99. The maximum atomic E-state index is 11.9. The van der Waals surface area contributed by atoms with Crippen LogP contribution in [-0.4, -0.2) is 44.6 Å². The normalized spacial score (nSPS) is 10.9. The molecule has 2 aromatic rings. The van der Waals surface area contributed by atoms with Crippen LogP contribution in [-0.2, 0) is 11.3 Å². The Bertz CT molecular complexity index is 636. The predicted molar refractivity (Wildman–Crippen MR) is 84.9 cm³/mol. The third kappa shape index (κ3) is 3.44. The lowest BCUT2D eigenvalue weighted by Crippen LogP contribution is -2.08. The van der Waals surface area contributed by atoms with Crippen molar-refractivity contribution in [1.29, 1.82) is 0 Å². The van der Waals surface area contributed by atoms with Crippen molar-refractivity contribution < 1.29 is 9.53 Å². The molecule has 0 aliphatic carbocycles. The largest absolute Gasteiger partial charge is 0.464 e. The highest BCUT2D eigenvalue weighted by atomic mass is 32.2. The zero-order chi connectivity index (χ0) is 15.4. The Kier molecular flexibility index (Phi) is 5.35. The van der Waals surface area contributed by atoms with Gasteiger partial charge in [0, 0.05) is 5.75 Å². The summed E-state index contributed by atoms with van der Waals surface area (Å²) in [4.78, 5) is 17.3. The molecule has 0 radical (unpaired) electrons. The highest BCUT2D eigenvalue weighted by Gasteiger charge is 2.24. The maximum Gasteiger partial charge on any atom is 0.360 e. The fourth-order valence-electron chi connectivity index (χ4n) is 1.97. The summed E-state index contributed by atoms with van der Waals surface area (Å²) in [5, 5.41) is 9.07. The number of hydrogen-bond acceptors (Lipinski definition) is 7. The zero-order valence-corrected chi connectivity index (χ0v) is 14.2. The molecule has 2 heterocycles. The molecule has 0 aliphatic heterocycles. The van der Waals surface area contributed by atoms with Gasteiger partial charge in [-0.3, -0.25) is 0 Å². The van der Waals surface area contributed by atoms with E-state index < -0.39 is 5.97 Å². The number of aromatic nitrogens is 4. The topological polar surface area (TPSA) is 69.9 Å². The number of thiazole rings is 1. The standard InChI is InChI=1S/C13H18N4O2S2/c1-5-20-7-6-17-11(10(15-16-17)13(18)19-4)12-8(2)14-9(3)21-12/h5-7H2,1-4H3. The van der Waals surface area contributed by atoms with Crippen LogP contribution in [0.25, 0.3) is 10.6 Å². The molecule has 0 bridgehead atoms. The summed E-state index contributed by atoms with van der Waals surface area (Å²) in [5.74, 6) is 1.50. The molecule has 2 aromatic heterocycles. The Balaban J connectivity index is 2.45. The van der Waals surface area contributed by atoms with Crippen LogP contribution in [0.15, 0.2) is 0 Å². The van der Waals surface area contributed by atoms with Gasteiger partial charge in [-0.25, -0.2) is 14.5 Å². The van der Waals surface area contributed by atoms with Gasteiger partial charge in [-0.15, -0.1) is 16.4 Å². The minimum absolute atomic E-state index is 0.255. The van der Waals surface area contributed by atoms with Gasteiger partial charge in [-0.05, 0) is 19.6 Å². The number of thioether (sulfide) groups is 1. The van der Waals surface area contributed by atoms with Crippen LogP contribution in [0.4, 0.5) is 0 Å². The Morgan fingerprint density at radius 3 is 2.76 bits per heavy atom. The highest BCUT2D eigenvalue weighted by Crippen LogP contribution is 2.31. The molecule has 0 amide bonds. The molecule has 8 heteroatoms. The third-order valence-corrected chi connectivity index (χ3v) is 4.84. The maximum absolute atomic E-state index is 11.9. The van der Waals surface area contributed by atoms with Crippen LogP contribution < -0.4 is 0 Å². The van der Waals surface area contributed by atoms with Gasteiger partial charge in [0.15, 0.2) is 5.69 Å². The minimum Gasteiger partial charge on any atom is -0.464 e. The van der Waals surface area contributed by atoms with Crippen LogP contribution in [0.2, 0.25) is 0 Å². The van der Waals surface area contributed by atoms with Gasteiger partial charge < -0.3 is 4.74 Å². The van der Waals surface area contributed by atoms with Gasteiger partial charge in [0.25, 0.3) is 0 Å². The first-order valence-electron chi connectivity index (χ1n) is 6.62. The number of carbonyl (C=O) groups is 1. The summed E-state index contributed by atoms with van der Waals surface area (Å²) < 4.78 is 6.58. The smallest absolute Gasteiger partial charge is 0.360 e. The van der Waals surface area contributed by atoms with E-state index in [1.54, 1.807) is 16.0 Å². The van der Waals surface area contributed by atoms with Crippen molar-refractivity contribution >= 4 is 29.1 Å². The second-order valence-electron chi connectivity index (χ2n) is 4.35. The first-order chi connectivity index (χ1) is 10.1. The number of carbonyl (C=O) groups excluding carboxylic acids is 1. The summed E-state index contributed by atoms with van der Waals surface area (Å²) in [6.45, 7) is 6.69. The minimum atomic E-state index is -0.468. The van der Waals surface area contributed by atoms with E-state index in [1.165, 1.54) is 7.11 Å². The van der Waals surface area contributed by atoms with Crippen molar-refractivity contribution in [3.63, 3.8) is 0 Å². The molecule has 0 N–H and O–H groups in total. The van der Waals surface area contributed by atoms with Crippen molar-refractivity contribution in [3.8, 4) is 10.6 Å². The lowest BCUT2D eigenvalue weighted by molar-refractivity contribution is 0.0595. The number of ether oxygens (including phenoxy) is 1. The number of aryl methyl sites for hydroxylation is 3. The molecule has 114 valence electrons. The molecular formula is C13H18N4O2S2. The quantitative estimate of drug-likeness (QED) is 0.600. The fraction of sp³-hybridized carbons (Fsp3) is 0.538. The van der Waals surface area contributed by atoms with Crippen molar-refractivity contribution in [2.24, 2.45) is 0 Å². The van der Waals surface area contributed by atoms with Crippen molar-refractivity contribution in [3.05, 3.63) is 16.4 Å². The second kappa shape index (κ2) is 7.04. The third-order valence-electron chi connectivity index (χ3n) is 2.88. The van der Waals surface area contributed by atoms with Crippen LogP contribution in [0.3, 0.4) is 0 Å². The number of methoxy groups -OCH3 is 1. The molecule has 21 heavy (non-hydrogen) atoms. The van der Waals surface area contributed by atoms with Crippen LogP contribution >= 0.6 is 23.1 Å². The van der Waals surface area contributed by atoms with Crippen molar-refractivity contribution in [2.75, 3.05) is 18.6 Å². The summed E-state index contributed by atoms with van der Waals surface area (Å²) in [6.07, 6.45) is 0. The Hall–Kier alpha value is -1.41. The van der Waals surface area contributed by atoms with Gasteiger partial charge >= 0.3 is 5.97 Å². The monoisotopic (exact) mass is 326 g/mol. The van der Waals surface area contributed by atoms with Gasteiger partial charge in [-0.2, -0.15) is 11.8 Å². The fourth-order valence-corrected chi connectivity index (χ4v) is 3.54. The second-order valence-corrected chi connectivity index (χ2v) is 6.94. The lowest BCUT2D eigenvalue weighted by atomic mass is 10.2. The van der Waals surface area contributed by atoms with Gasteiger partial charge in [0.1, 0.15) is 5.69 Å². The first-order valence-corrected chi connectivity index (χ1v) is 8.59. The van der Waals surface area contributed by atoms with E-state index in [2.05, 4.69) is 22.2 Å². The van der Waals surface area contributed by atoms with Gasteiger partial charge in [0.05, 0.1) is 29.2 Å². The molecule has 0 aliphatic rings. The molecular weight excluding hydrogens is 308 g/mol. The summed E-state index contributed by atoms with van der Waals surface area (Å²) in [7, 11) is 1.35. The molecule has 0 spiro atoms. The van der Waals surface area contributed by atoms with E-state index in [1.807, 2.05) is 25.6 Å². The van der Waals surface area contributed by atoms with Gasteiger partial charge in [-0.1, -0.05) is 12.1 Å². The van der Waals surface area contributed by atoms with E-state index in [9.17, 15) is 4.79 Å². The predicted octanol–water partition coefficient (Wildman–Crippen LogP) is 2.56. The molecule has 6 nitrogen and oxygen atoms in total. The van der Waals surface area contributed by atoms with E-state index in [0.29, 0.717) is 12.2 Å². The average molecular weight is 326 g/mol. The van der Waals surface area contributed by atoms with Crippen LogP contribution in [0.1, 0.15) is 28.1 Å². The molecule has 2 rings (SSSR count). The van der Waals surface area contributed by atoms with Gasteiger partial charge in [0.2, 0.25) is 0 Å². The molecule has 0 saturated carbocycles. The summed E-state index contributed by atoms with van der Waals surface area (Å²) in [5.41, 5.74) is 1.85. The Morgan fingerprint density at radius 1 is 1.43 bits per heavy atom. The number of rotatable bonds is 6. The molecule has 0 atom stereocenters. The van der Waals surface area contributed by atoms with E-state index in [-0.39, 0.29) is 5.69 Å². The summed E-state index contributed by atoms with van der Waals surface area (Å²) >= 11 is 3.36. The van der Waals surface area contributed by atoms with E-state index >= 15 is 0 Å². The summed E-state index contributed by atoms with van der Waals surface area (Å²) in [6, 6.07) is 0. The van der Waals surface area contributed by atoms with E-state index in [4.69, 9.17) is 4.74 Å². The SMILES string of the molecule is CCSCCn1nnc(C(=O)OC)c1-c1sc(C)nc1C. The number of nitrogens with zero attached hydrogens (tertiary/aromatic N) is 4. The van der Waals surface area contributed by atoms with Crippen LogP contribution in [0.5, 0.6) is 0 Å². The first kappa shape index (κ1) is 16.0. The molecule has 0 saturated heterocycles. The Morgan fingerprint density at radius 2 is 2.19 bits per heavy atom. The van der Waals surface area contributed by atoms with Crippen molar-refractivity contribution in [2.45, 2.75) is 27.3 Å². The van der Waals surface area contributed by atoms with Crippen LogP contribution in [0, 0.1) is 13.8 Å². The number of esters is 1. The van der Waals surface area contributed by atoms with Crippen molar-refractivity contribution in [1.82, 2.24) is 20.0 Å². The number of hydrogen-bond donors (Lipinski definition) is 0. The van der Waals surface area contributed by atoms with E-state index in [0.717, 1.165) is 27.1 Å². The zero-order valence-electron chi connectivity index (χ0n) is 12.5. The lowest BCUT2D eigenvalue weighted by Gasteiger charge is -2.06.